The molecule has 1 N–H and O–H groups in total. The van der Waals surface area contributed by atoms with Crippen LogP contribution in [0.5, 0.6) is 0 Å². The number of nitrogens with zero attached hydrogens (tertiary/aromatic N) is 3. The van der Waals surface area contributed by atoms with Gasteiger partial charge in [-0.2, -0.15) is 4.31 Å². The van der Waals surface area contributed by atoms with Crippen LogP contribution in [-0.4, -0.2) is 49.8 Å². The highest BCUT2D eigenvalue weighted by atomic mass is 32.2. The molecule has 1 aliphatic heterocycles. The second-order valence-corrected chi connectivity index (χ2v) is 9.30. The molecule has 0 spiro atoms. The highest BCUT2D eigenvalue weighted by Gasteiger charge is 2.26. The number of sulfonamides is 1. The van der Waals surface area contributed by atoms with E-state index in [9.17, 15) is 12.8 Å². The number of hydrogen-bond donors (Lipinski definition) is 1. The van der Waals surface area contributed by atoms with Gasteiger partial charge in [-0.25, -0.2) is 17.8 Å². The van der Waals surface area contributed by atoms with Gasteiger partial charge in [0, 0.05) is 37.9 Å². The molecule has 8 heteroatoms. The van der Waals surface area contributed by atoms with E-state index in [-0.39, 0.29) is 10.7 Å². The fourth-order valence-corrected chi connectivity index (χ4v) is 4.72. The van der Waals surface area contributed by atoms with Crippen LogP contribution in [0.25, 0.3) is 0 Å². The second-order valence-electron chi connectivity index (χ2n) is 7.36. The molecule has 2 aromatic rings. The Labute approximate surface area is 166 Å². The smallest absolute Gasteiger partial charge is 0.244 e. The lowest BCUT2D eigenvalue weighted by atomic mass is 10.1. The monoisotopic (exact) mass is 406 g/mol. The molecule has 0 unspecified atom stereocenters. The molecule has 0 atom stereocenters. The number of aromatic nitrogens is 1. The van der Waals surface area contributed by atoms with E-state index in [0.717, 1.165) is 24.8 Å². The lowest BCUT2D eigenvalue weighted by Gasteiger charge is -2.25. The molecule has 1 aliphatic rings. The number of halogens is 1. The largest absolute Gasteiger partial charge is 0.366 e. The lowest BCUT2D eigenvalue weighted by molar-refractivity contribution is 0.346. The summed E-state index contributed by atoms with van der Waals surface area (Å²) in [5.41, 5.74) is 1.45. The first-order valence-electron chi connectivity index (χ1n) is 9.48. The normalized spacial score (nSPS) is 15.7. The van der Waals surface area contributed by atoms with Gasteiger partial charge in [-0.05, 0) is 50.7 Å². The Bertz CT molecular complexity index is 895. The number of benzene rings is 1. The van der Waals surface area contributed by atoms with Gasteiger partial charge in [-0.3, -0.25) is 0 Å². The molecular weight excluding hydrogens is 379 g/mol. The highest BCUT2D eigenvalue weighted by Crippen LogP contribution is 2.21. The first kappa shape index (κ1) is 20.7. The highest BCUT2D eigenvalue weighted by molar-refractivity contribution is 7.89. The minimum atomic E-state index is -3.48. The van der Waals surface area contributed by atoms with Crippen molar-refractivity contribution in [3.8, 4) is 0 Å². The third-order valence-electron chi connectivity index (χ3n) is 4.77. The van der Waals surface area contributed by atoms with Gasteiger partial charge >= 0.3 is 0 Å². The van der Waals surface area contributed by atoms with Crippen LogP contribution in [-0.2, 0) is 23.1 Å². The molecule has 1 aromatic heterocycles. The zero-order valence-electron chi connectivity index (χ0n) is 16.4. The minimum absolute atomic E-state index is 0.207. The molecule has 152 valence electrons. The van der Waals surface area contributed by atoms with Crippen molar-refractivity contribution in [2.45, 2.75) is 37.2 Å². The van der Waals surface area contributed by atoms with Crippen molar-refractivity contribution in [1.29, 1.82) is 0 Å². The average molecular weight is 407 g/mol. The topological polar surface area (TPSA) is 65.5 Å². The molecule has 1 fully saturated rings. The van der Waals surface area contributed by atoms with E-state index in [1.54, 1.807) is 18.2 Å². The number of rotatable bonds is 7. The first-order chi connectivity index (χ1) is 13.4. The molecule has 1 saturated heterocycles. The summed E-state index contributed by atoms with van der Waals surface area (Å²) in [4.78, 5) is 6.34. The van der Waals surface area contributed by atoms with E-state index in [1.165, 1.54) is 16.6 Å². The summed E-state index contributed by atoms with van der Waals surface area (Å²) in [5, 5.41) is 3.11. The van der Waals surface area contributed by atoms with Crippen LogP contribution in [0.3, 0.4) is 0 Å². The predicted molar refractivity (Wildman–Crippen MR) is 108 cm³/mol. The third-order valence-corrected chi connectivity index (χ3v) is 6.65. The average Bonchev–Trinajstić information content (AvgIpc) is 2.69. The molecule has 1 aromatic carbocycles. The zero-order valence-corrected chi connectivity index (χ0v) is 17.2. The van der Waals surface area contributed by atoms with Crippen molar-refractivity contribution < 1.29 is 12.8 Å². The quantitative estimate of drug-likeness (QED) is 0.766. The summed E-state index contributed by atoms with van der Waals surface area (Å²) in [5.74, 6) is 0.319. The van der Waals surface area contributed by atoms with E-state index in [2.05, 4.69) is 10.3 Å². The van der Waals surface area contributed by atoms with Gasteiger partial charge in [-0.15, -0.1) is 0 Å². The molecule has 0 bridgehead atoms. The maximum Gasteiger partial charge on any atom is 0.244 e. The van der Waals surface area contributed by atoms with Crippen LogP contribution >= 0.6 is 0 Å². The van der Waals surface area contributed by atoms with Crippen molar-refractivity contribution in [1.82, 2.24) is 14.2 Å². The van der Waals surface area contributed by atoms with Gasteiger partial charge in [0.1, 0.15) is 16.5 Å². The van der Waals surface area contributed by atoms with Crippen molar-refractivity contribution >= 4 is 15.8 Å². The molecule has 3 rings (SSSR count). The van der Waals surface area contributed by atoms with E-state index in [1.807, 2.05) is 25.1 Å². The molecule has 6 nitrogen and oxygen atoms in total. The van der Waals surface area contributed by atoms with Crippen LogP contribution in [0.2, 0.25) is 0 Å². The van der Waals surface area contributed by atoms with Gasteiger partial charge in [0.05, 0.1) is 0 Å². The number of pyridine rings is 1. The number of piperidine rings is 1. The van der Waals surface area contributed by atoms with Gasteiger partial charge in [0.25, 0.3) is 0 Å². The van der Waals surface area contributed by atoms with E-state index in [4.69, 9.17) is 0 Å². The summed E-state index contributed by atoms with van der Waals surface area (Å²) in [7, 11) is 0.320. The first-order valence-corrected chi connectivity index (χ1v) is 10.9. The van der Waals surface area contributed by atoms with Crippen LogP contribution in [0.4, 0.5) is 10.2 Å². The third kappa shape index (κ3) is 5.06. The van der Waals surface area contributed by atoms with Crippen molar-refractivity contribution in [2.24, 2.45) is 0 Å². The van der Waals surface area contributed by atoms with Crippen LogP contribution in [0, 0.1) is 5.82 Å². The fourth-order valence-electron chi connectivity index (χ4n) is 3.25. The van der Waals surface area contributed by atoms with Crippen molar-refractivity contribution in [2.75, 3.05) is 32.5 Å². The molecular formula is C20H27FN4O2S. The van der Waals surface area contributed by atoms with E-state index < -0.39 is 10.0 Å². The standard InChI is InChI=1S/C20H27FN4O2S/c1-24(2)15-17-7-6-16(12-19(17)21)13-22-20-9-8-18(14-23-20)28(26,27)25-10-4-3-5-11-25/h6-9,12,14H,3-5,10-11,13,15H2,1-2H3,(H,22,23). The molecule has 0 radical (unpaired) electrons. The summed E-state index contributed by atoms with van der Waals surface area (Å²) < 4.78 is 41.0. The Hall–Kier alpha value is -2.03. The van der Waals surface area contributed by atoms with Gasteiger partial charge < -0.3 is 10.2 Å². The van der Waals surface area contributed by atoms with E-state index in [0.29, 0.717) is 37.6 Å². The van der Waals surface area contributed by atoms with Crippen LogP contribution < -0.4 is 5.32 Å². The number of hydrogen-bond acceptors (Lipinski definition) is 5. The van der Waals surface area contributed by atoms with Crippen molar-refractivity contribution in [3.63, 3.8) is 0 Å². The Balaban J connectivity index is 1.62. The van der Waals surface area contributed by atoms with Gasteiger partial charge in [0.15, 0.2) is 0 Å². The predicted octanol–water partition coefficient (Wildman–Crippen LogP) is 3.07. The summed E-state index contributed by atoms with van der Waals surface area (Å²) in [6, 6.07) is 8.40. The fraction of sp³-hybridized carbons (Fsp3) is 0.450. The second kappa shape index (κ2) is 8.98. The number of anilines is 1. The van der Waals surface area contributed by atoms with Gasteiger partial charge in [0.2, 0.25) is 10.0 Å². The lowest BCUT2D eigenvalue weighted by Crippen LogP contribution is -2.35. The molecule has 0 saturated carbocycles. The number of nitrogens with one attached hydrogen (secondary N) is 1. The summed E-state index contributed by atoms with van der Waals surface area (Å²) in [6.07, 6.45) is 4.25. The molecule has 2 heterocycles. The van der Waals surface area contributed by atoms with Crippen LogP contribution in [0.1, 0.15) is 30.4 Å². The molecule has 0 amide bonds. The Morgan fingerprint density at radius 3 is 2.50 bits per heavy atom. The SMILES string of the molecule is CN(C)Cc1ccc(CNc2ccc(S(=O)(=O)N3CCCCC3)cn2)cc1F. The van der Waals surface area contributed by atoms with Gasteiger partial charge in [-0.1, -0.05) is 18.6 Å². The Kier molecular flexibility index (Phi) is 6.64. The zero-order chi connectivity index (χ0) is 20.1. The maximum atomic E-state index is 14.2. The maximum absolute atomic E-state index is 14.2. The van der Waals surface area contributed by atoms with Crippen molar-refractivity contribution in [3.05, 3.63) is 53.5 Å². The van der Waals surface area contributed by atoms with Crippen LogP contribution in [0.15, 0.2) is 41.4 Å². The Morgan fingerprint density at radius 2 is 1.89 bits per heavy atom. The molecule has 0 aliphatic carbocycles. The van der Waals surface area contributed by atoms with E-state index >= 15 is 0 Å². The summed E-state index contributed by atoms with van der Waals surface area (Å²) in [6.45, 7) is 2.09. The Morgan fingerprint density at radius 1 is 1.14 bits per heavy atom. The molecule has 28 heavy (non-hydrogen) atoms. The summed E-state index contributed by atoms with van der Waals surface area (Å²) >= 11 is 0. The minimum Gasteiger partial charge on any atom is -0.366 e.